The van der Waals surface area contributed by atoms with Crippen molar-refractivity contribution in [2.24, 2.45) is 0 Å². The maximum absolute atomic E-state index is 14.0. The van der Waals surface area contributed by atoms with Gasteiger partial charge in [0.15, 0.2) is 11.9 Å². The largest absolute Gasteiger partial charge is 0.478 e. The fraction of sp³-hybridized carbons (Fsp3) is 0.262. The summed E-state index contributed by atoms with van der Waals surface area (Å²) in [6, 6.07) is 43.0. The minimum absolute atomic E-state index is 0.129. The summed E-state index contributed by atoms with van der Waals surface area (Å²) in [6.45, 7) is 12.0. The predicted octanol–water partition coefficient (Wildman–Crippen LogP) is 9.42. The van der Waals surface area contributed by atoms with Gasteiger partial charge in [-0.05, 0) is 69.3 Å². The number of carbonyl (C=O) groups excluding carboxylic acids is 1. The second-order valence-electron chi connectivity index (χ2n) is 14.2. The Bertz CT molecular complexity index is 1780. The Kier molecular flexibility index (Phi) is 8.66. The van der Waals surface area contributed by atoms with Crippen molar-refractivity contribution in [1.29, 1.82) is 0 Å². The van der Waals surface area contributed by atoms with Crippen LogP contribution in [0.25, 0.3) is 0 Å². The molecule has 0 amide bonds. The highest BCUT2D eigenvalue weighted by molar-refractivity contribution is 6.92. The Balaban J connectivity index is 1.40. The van der Waals surface area contributed by atoms with Gasteiger partial charge in [-0.15, -0.1) is 0 Å². The van der Waals surface area contributed by atoms with Crippen molar-refractivity contribution < 1.29 is 9.53 Å². The predicted molar refractivity (Wildman–Crippen MR) is 190 cm³/mol. The molecule has 5 aromatic carbocycles. The molecule has 0 unspecified atom stereocenters. The molecule has 0 saturated carbocycles. The number of hydrogen-bond acceptors (Lipinski definition) is 2. The second kappa shape index (κ2) is 12.7. The highest BCUT2D eigenvalue weighted by atomic mass is 28.3. The van der Waals surface area contributed by atoms with Crippen molar-refractivity contribution in [3.05, 3.63) is 166 Å². The van der Waals surface area contributed by atoms with E-state index in [1.54, 1.807) is 0 Å². The summed E-state index contributed by atoms with van der Waals surface area (Å²) in [6.07, 6.45) is 2.26. The smallest absolute Gasteiger partial charge is 0.182 e. The van der Waals surface area contributed by atoms with Crippen molar-refractivity contribution in [2.75, 3.05) is 0 Å². The summed E-state index contributed by atoms with van der Waals surface area (Å²) < 4.78 is 6.76. The number of carbonyl (C=O) groups is 1. The monoisotopic (exact) mass is 608 g/mol. The lowest BCUT2D eigenvalue weighted by molar-refractivity contribution is -0.126. The molecule has 0 N–H and O–H groups in total. The van der Waals surface area contributed by atoms with Crippen LogP contribution in [0.5, 0.6) is 5.75 Å². The van der Waals surface area contributed by atoms with E-state index in [1.807, 2.05) is 6.07 Å². The average Bonchev–Trinajstić information content (AvgIpc) is 3.02. The lowest BCUT2D eigenvalue weighted by atomic mass is 9.88. The molecule has 0 saturated heterocycles. The molecular formula is C42H44O2Si. The number of hydrogen-bond donors (Lipinski definition) is 0. The number of benzene rings is 5. The lowest BCUT2D eigenvalue weighted by Gasteiger charge is -2.39. The van der Waals surface area contributed by atoms with E-state index in [-0.39, 0.29) is 10.8 Å². The van der Waals surface area contributed by atoms with Gasteiger partial charge in [-0.2, -0.15) is 0 Å². The minimum Gasteiger partial charge on any atom is -0.478 e. The maximum Gasteiger partial charge on any atom is 0.182 e. The standard InChI is InChI=1S/C42H44O2Si/c1-42(2,3)45(4,5)40-28-35(22-21-34(40)24-31-17-11-7-12-18-31)41-38(43)29-37-36(25-32-19-13-8-14-20-32)26-33(27-39(37)44-41)23-30-15-9-6-10-16-30/h6-22,26-28,41H,23-25,29H2,1-5H3/t41-/m1/s1. The van der Waals surface area contributed by atoms with E-state index >= 15 is 0 Å². The maximum atomic E-state index is 14.0. The Hall–Kier alpha value is -4.21. The lowest BCUT2D eigenvalue weighted by Crippen LogP contribution is -2.51. The number of rotatable bonds is 8. The molecule has 0 spiro atoms. The SMILES string of the molecule is CC(C)(C)[Si](C)(C)c1cc([C@H]2Oc3cc(Cc4ccccc4)cc(Cc4ccccc4)c3CC2=O)ccc1Cc1ccccc1. The molecule has 1 atom stereocenters. The molecule has 0 fully saturated rings. The zero-order valence-corrected chi connectivity index (χ0v) is 28.3. The third-order valence-electron chi connectivity index (χ3n) is 9.96. The van der Waals surface area contributed by atoms with Crippen molar-refractivity contribution in [3.8, 4) is 5.75 Å². The summed E-state index contributed by atoms with van der Waals surface area (Å²) in [4.78, 5) is 14.0. The normalized spacial score (nSPS) is 15.0. The van der Waals surface area contributed by atoms with Crippen LogP contribution in [-0.4, -0.2) is 13.9 Å². The van der Waals surface area contributed by atoms with Crippen LogP contribution in [0, 0.1) is 0 Å². The van der Waals surface area contributed by atoms with E-state index in [9.17, 15) is 4.79 Å². The van der Waals surface area contributed by atoms with E-state index < -0.39 is 14.2 Å². The zero-order valence-electron chi connectivity index (χ0n) is 27.3. The Labute approximate surface area is 270 Å². The summed E-state index contributed by atoms with van der Waals surface area (Å²) in [5.74, 6) is 0.978. The Morgan fingerprint density at radius 3 is 1.73 bits per heavy atom. The van der Waals surface area contributed by atoms with Crippen LogP contribution in [-0.2, 0) is 30.5 Å². The molecule has 5 aromatic rings. The molecule has 0 radical (unpaired) electrons. The molecule has 0 aromatic heterocycles. The van der Waals surface area contributed by atoms with E-state index in [4.69, 9.17) is 4.74 Å². The summed E-state index contributed by atoms with van der Waals surface area (Å²) >= 11 is 0. The summed E-state index contributed by atoms with van der Waals surface area (Å²) in [5, 5.41) is 1.57. The quantitative estimate of drug-likeness (QED) is 0.164. The van der Waals surface area contributed by atoms with E-state index in [1.165, 1.54) is 38.6 Å². The molecule has 228 valence electrons. The molecule has 3 heteroatoms. The van der Waals surface area contributed by atoms with Crippen molar-refractivity contribution in [1.82, 2.24) is 0 Å². The van der Waals surface area contributed by atoms with Gasteiger partial charge in [-0.25, -0.2) is 0 Å². The van der Waals surface area contributed by atoms with Gasteiger partial charge in [0.05, 0.1) is 8.07 Å². The van der Waals surface area contributed by atoms with Crippen molar-refractivity contribution >= 4 is 19.0 Å². The summed E-state index contributed by atoms with van der Waals surface area (Å²) in [5.41, 5.74) is 9.55. The molecule has 1 aliphatic heterocycles. The van der Waals surface area contributed by atoms with Gasteiger partial charge in [0.1, 0.15) is 5.75 Å². The highest BCUT2D eigenvalue weighted by Crippen LogP contribution is 2.40. The van der Waals surface area contributed by atoms with Crippen LogP contribution in [0.1, 0.15) is 71.4 Å². The molecule has 6 rings (SSSR count). The van der Waals surface area contributed by atoms with Gasteiger partial charge < -0.3 is 4.74 Å². The first-order valence-corrected chi connectivity index (χ1v) is 19.2. The van der Waals surface area contributed by atoms with Gasteiger partial charge in [0, 0.05) is 12.0 Å². The Morgan fingerprint density at radius 1 is 0.644 bits per heavy atom. The molecule has 0 aliphatic carbocycles. The number of Topliss-reactive ketones (excluding diaryl/α,β-unsaturated/α-hetero) is 1. The highest BCUT2D eigenvalue weighted by Gasteiger charge is 2.39. The van der Waals surface area contributed by atoms with E-state index in [0.29, 0.717) is 6.42 Å². The van der Waals surface area contributed by atoms with Gasteiger partial charge in [-0.3, -0.25) is 4.79 Å². The van der Waals surface area contributed by atoms with Crippen LogP contribution in [0.3, 0.4) is 0 Å². The first-order chi connectivity index (χ1) is 21.6. The molecule has 1 heterocycles. The summed E-state index contributed by atoms with van der Waals surface area (Å²) in [7, 11) is -1.94. The van der Waals surface area contributed by atoms with Crippen LogP contribution in [0.15, 0.2) is 121 Å². The second-order valence-corrected chi connectivity index (χ2v) is 19.4. The van der Waals surface area contributed by atoms with Gasteiger partial charge in [0.2, 0.25) is 0 Å². The van der Waals surface area contributed by atoms with Gasteiger partial charge in [-0.1, -0.05) is 154 Å². The Morgan fingerprint density at radius 2 is 1.18 bits per heavy atom. The first kappa shape index (κ1) is 30.8. The van der Waals surface area contributed by atoms with E-state index in [0.717, 1.165) is 36.1 Å². The first-order valence-electron chi connectivity index (χ1n) is 16.2. The number of ketones is 1. The van der Waals surface area contributed by atoms with Crippen molar-refractivity contribution in [3.63, 3.8) is 0 Å². The molecule has 1 aliphatic rings. The van der Waals surface area contributed by atoms with Crippen molar-refractivity contribution in [2.45, 2.75) is 70.7 Å². The van der Waals surface area contributed by atoms with E-state index in [2.05, 4.69) is 149 Å². The topological polar surface area (TPSA) is 26.3 Å². The molecule has 0 bridgehead atoms. The van der Waals surface area contributed by atoms with Crippen LogP contribution in [0.4, 0.5) is 0 Å². The fourth-order valence-electron chi connectivity index (χ4n) is 6.41. The third kappa shape index (κ3) is 6.74. The molecule has 2 nitrogen and oxygen atoms in total. The number of ether oxygens (including phenoxy) is 1. The number of fused-ring (bicyclic) bond motifs is 1. The van der Waals surface area contributed by atoms with Gasteiger partial charge in [0.25, 0.3) is 0 Å². The molecule has 45 heavy (non-hydrogen) atoms. The minimum atomic E-state index is -1.94. The fourth-order valence-corrected chi connectivity index (χ4v) is 8.72. The van der Waals surface area contributed by atoms with Crippen LogP contribution in [0.2, 0.25) is 18.1 Å². The zero-order chi connectivity index (χ0) is 31.6. The molecular weight excluding hydrogens is 565 g/mol. The third-order valence-corrected chi connectivity index (χ3v) is 15.5. The van der Waals surface area contributed by atoms with Crippen LogP contribution < -0.4 is 9.92 Å². The van der Waals surface area contributed by atoms with Crippen LogP contribution >= 0.6 is 0 Å². The van der Waals surface area contributed by atoms with Gasteiger partial charge >= 0.3 is 0 Å². The average molecular weight is 609 g/mol.